The Balaban J connectivity index is 2.46. The van der Waals surface area contributed by atoms with Crippen molar-refractivity contribution in [2.45, 2.75) is 19.9 Å². The van der Waals surface area contributed by atoms with Gasteiger partial charge in [0.1, 0.15) is 12.4 Å². The molecule has 0 aromatic heterocycles. The zero-order valence-electron chi connectivity index (χ0n) is 8.36. The van der Waals surface area contributed by atoms with Gasteiger partial charge in [0, 0.05) is 6.92 Å². The molecule has 0 fully saturated rings. The maximum absolute atomic E-state index is 11.4. The first-order chi connectivity index (χ1) is 6.70. The van der Waals surface area contributed by atoms with Gasteiger partial charge < -0.3 is 9.64 Å². The van der Waals surface area contributed by atoms with E-state index >= 15 is 0 Å². The standard InChI is InChI=1S/C11H13NO2/c1-8-7-14-11-6-4-3-5-10(11)12(8)9(2)13/h3-6,8H,7H2,1-2H3. The number of ether oxygens (including phenoxy) is 1. The molecular formula is C11H13NO2. The van der Waals surface area contributed by atoms with E-state index in [2.05, 4.69) is 0 Å². The van der Waals surface area contributed by atoms with Gasteiger partial charge in [-0.3, -0.25) is 4.79 Å². The van der Waals surface area contributed by atoms with E-state index in [1.54, 1.807) is 11.8 Å². The summed E-state index contributed by atoms with van der Waals surface area (Å²) in [5.41, 5.74) is 0.874. The summed E-state index contributed by atoms with van der Waals surface area (Å²) < 4.78 is 5.52. The van der Waals surface area contributed by atoms with Gasteiger partial charge in [-0.1, -0.05) is 12.1 Å². The zero-order chi connectivity index (χ0) is 10.1. The molecule has 0 radical (unpaired) electrons. The number of rotatable bonds is 0. The molecular weight excluding hydrogens is 178 g/mol. The highest BCUT2D eigenvalue weighted by molar-refractivity contribution is 5.94. The predicted octanol–water partition coefficient (Wildman–Crippen LogP) is 1.82. The number of hydrogen-bond acceptors (Lipinski definition) is 2. The molecule has 1 amide bonds. The van der Waals surface area contributed by atoms with Crippen molar-refractivity contribution in [3.63, 3.8) is 0 Å². The van der Waals surface area contributed by atoms with Crippen molar-refractivity contribution in [1.82, 2.24) is 0 Å². The fourth-order valence-electron chi connectivity index (χ4n) is 1.78. The van der Waals surface area contributed by atoms with Crippen molar-refractivity contribution in [2.24, 2.45) is 0 Å². The Bertz CT molecular complexity index is 362. The van der Waals surface area contributed by atoms with Crippen molar-refractivity contribution in [3.8, 4) is 5.75 Å². The lowest BCUT2D eigenvalue weighted by Crippen LogP contribution is -2.43. The Kier molecular flexibility index (Phi) is 2.15. The first-order valence-electron chi connectivity index (χ1n) is 4.72. The molecule has 0 N–H and O–H groups in total. The van der Waals surface area contributed by atoms with Gasteiger partial charge in [-0.2, -0.15) is 0 Å². The molecule has 1 aromatic rings. The minimum atomic E-state index is 0.0632. The molecule has 74 valence electrons. The minimum Gasteiger partial charge on any atom is -0.489 e. The number of hydrogen-bond donors (Lipinski definition) is 0. The molecule has 1 aliphatic heterocycles. The number of benzene rings is 1. The molecule has 1 heterocycles. The van der Waals surface area contributed by atoms with E-state index in [9.17, 15) is 4.79 Å². The van der Waals surface area contributed by atoms with Crippen LogP contribution in [0.25, 0.3) is 0 Å². The Hall–Kier alpha value is -1.51. The van der Waals surface area contributed by atoms with E-state index < -0.39 is 0 Å². The van der Waals surface area contributed by atoms with Gasteiger partial charge in [-0.15, -0.1) is 0 Å². The summed E-state index contributed by atoms with van der Waals surface area (Å²) in [7, 11) is 0. The van der Waals surface area contributed by atoms with E-state index in [1.165, 1.54) is 0 Å². The second-order valence-corrected chi connectivity index (χ2v) is 3.52. The van der Waals surface area contributed by atoms with Gasteiger partial charge in [0.15, 0.2) is 0 Å². The average Bonchev–Trinajstić information content (AvgIpc) is 2.17. The summed E-state index contributed by atoms with van der Waals surface area (Å²) >= 11 is 0. The molecule has 0 aliphatic carbocycles. The lowest BCUT2D eigenvalue weighted by atomic mass is 10.1. The molecule has 14 heavy (non-hydrogen) atoms. The highest BCUT2D eigenvalue weighted by atomic mass is 16.5. The summed E-state index contributed by atoms with van der Waals surface area (Å²) in [5, 5.41) is 0. The number of carbonyl (C=O) groups is 1. The van der Waals surface area contributed by atoms with Gasteiger partial charge in [0.05, 0.1) is 11.7 Å². The second-order valence-electron chi connectivity index (χ2n) is 3.52. The third-order valence-electron chi connectivity index (χ3n) is 2.38. The zero-order valence-corrected chi connectivity index (χ0v) is 8.36. The van der Waals surface area contributed by atoms with E-state index in [4.69, 9.17) is 4.74 Å². The summed E-state index contributed by atoms with van der Waals surface area (Å²) in [6, 6.07) is 7.73. The highest BCUT2D eigenvalue weighted by Crippen LogP contribution is 2.33. The lowest BCUT2D eigenvalue weighted by molar-refractivity contribution is -0.117. The van der Waals surface area contributed by atoms with Crippen LogP contribution in [-0.4, -0.2) is 18.6 Å². The van der Waals surface area contributed by atoms with Crippen molar-refractivity contribution >= 4 is 11.6 Å². The SMILES string of the molecule is CC(=O)N1c2ccccc2OCC1C. The number of para-hydroxylation sites is 2. The van der Waals surface area contributed by atoms with Crippen molar-refractivity contribution in [3.05, 3.63) is 24.3 Å². The van der Waals surface area contributed by atoms with Crippen LogP contribution in [-0.2, 0) is 4.79 Å². The molecule has 1 atom stereocenters. The fraction of sp³-hybridized carbons (Fsp3) is 0.364. The first kappa shape index (κ1) is 9.06. The third kappa shape index (κ3) is 1.35. The minimum absolute atomic E-state index is 0.0632. The van der Waals surface area contributed by atoms with E-state index in [1.807, 2.05) is 31.2 Å². The maximum Gasteiger partial charge on any atom is 0.224 e. The summed E-state index contributed by atoms with van der Waals surface area (Å²) in [6.45, 7) is 4.13. The van der Waals surface area contributed by atoms with Crippen LogP contribution in [0.2, 0.25) is 0 Å². The summed E-state index contributed by atoms with van der Waals surface area (Å²) in [5.74, 6) is 0.856. The lowest BCUT2D eigenvalue weighted by Gasteiger charge is -2.34. The average molecular weight is 191 g/mol. The molecule has 0 spiro atoms. The van der Waals surface area contributed by atoms with Gasteiger partial charge in [0.25, 0.3) is 0 Å². The highest BCUT2D eigenvalue weighted by Gasteiger charge is 2.26. The Morgan fingerprint density at radius 1 is 1.50 bits per heavy atom. The van der Waals surface area contributed by atoms with Crippen molar-refractivity contribution < 1.29 is 9.53 Å². The van der Waals surface area contributed by atoms with Crippen LogP contribution < -0.4 is 9.64 Å². The van der Waals surface area contributed by atoms with Crippen LogP contribution in [0, 0.1) is 0 Å². The molecule has 0 saturated carbocycles. The van der Waals surface area contributed by atoms with Gasteiger partial charge in [-0.25, -0.2) is 0 Å². The smallest absolute Gasteiger partial charge is 0.224 e. The maximum atomic E-state index is 11.4. The largest absolute Gasteiger partial charge is 0.489 e. The molecule has 2 rings (SSSR count). The predicted molar refractivity (Wildman–Crippen MR) is 54.6 cm³/mol. The van der Waals surface area contributed by atoms with E-state index in [0.717, 1.165) is 11.4 Å². The van der Waals surface area contributed by atoms with E-state index in [0.29, 0.717) is 6.61 Å². The number of amides is 1. The normalized spacial score (nSPS) is 19.9. The quantitative estimate of drug-likeness (QED) is 0.626. The van der Waals surface area contributed by atoms with Crippen LogP contribution in [0.5, 0.6) is 5.75 Å². The number of anilines is 1. The summed E-state index contributed by atoms with van der Waals surface area (Å²) in [4.78, 5) is 13.2. The third-order valence-corrected chi connectivity index (χ3v) is 2.38. The monoisotopic (exact) mass is 191 g/mol. The van der Waals surface area contributed by atoms with Gasteiger partial charge in [-0.05, 0) is 19.1 Å². The molecule has 1 aliphatic rings. The Labute approximate surface area is 83.3 Å². The molecule has 0 bridgehead atoms. The fourth-order valence-corrected chi connectivity index (χ4v) is 1.78. The number of nitrogens with zero attached hydrogens (tertiary/aromatic N) is 1. The van der Waals surface area contributed by atoms with Crippen molar-refractivity contribution in [2.75, 3.05) is 11.5 Å². The van der Waals surface area contributed by atoms with Gasteiger partial charge >= 0.3 is 0 Å². The first-order valence-corrected chi connectivity index (χ1v) is 4.72. The van der Waals surface area contributed by atoms with Crippen LogP contribution in [0.3, 0.4) is 0 Å². The molecule has 3 nitrogen and oxygen atoms in total. The Morgan fingerprint density at radius 2 is 2.21 bits per heavy atom. The molecule has 1 aromatic carbocycles. The van der Waals surface area contributed by atoms with Crippen molar-refractivity contribution in [1.29, 1.82) is 0 Å². The topological polar surface area (TPSA) is 29.5 Å². The van der Waals surface area contributed by atoms with E-state index in [-0.39, 0.29) is 11.9 Å². The van der Waals surface area contributed by atoms with Crippen LogP contribution in [0.15, 0.2) is 24.3 Å². The van der Waals surface area contributed by atoms with Crippen LogP contribution >= 0.6 is 0 Å². The second kappa shape index (κ2) is 3.33. The van der Waals surface area contributed by atoms with Crippen LogP contribution in [0.4, 0.5) is 5.69 Å². The Morgan fingerprint density at radius 3 is 2.93 bits per heavy atom. The van der Waals surface area contributed by atoms with Gasteiger partial charge in [0.2, 0.25) is 5.91 Å². The molecule has 3 heteroatoms. The number of carbonyl (C=O) groups excluding carboxylic acids is 1. The number of fused-ring (bicyclic) bond motifs is 1. The molecule has 1 unspecified atom stereocenters. The molecule has 0 saturated heterocycles. The summed E-state index contributed by atoms with van der Waals surface area (Å²) in [6.07, 6.45) is 0. The van der Waals surface area contributed by atoms with Crippen LogP contribution in [0.1, 0.15) is 13.8 Å².